The molecule has 0 radical (unpaired) electrons. The first kappa shape index (κ1) is 14.5. The van der Waals surface area contributed by atoms with Crippen molar-refractivity contribution >= 4 is 23.2 Å². The summed E-state index contributed by atoms with van der Waals surface area (Å²) in [6, 6.07) is 9.70. The molecule has 2 rings (SSSR count). The topological polar surface area (TPSA) is 78.4 Å². The van der Waals surface area contributed by atoms with E-state index in [0.29, 0.717) is 11.4 Å². The van der Waals surface area contributed by atoms with Gasteiger partial charge in [0.15, 0.2) is 0 Å². The van der Waals surface area contributed by atoms with E-state index in [1.807, 2.05) is 0 Å². The Balaban J connectivity index is 2.10. The number of carbonyl (C=O) groups is 2. The van der Waals surface area contributed by atoms with Crippen LogP contribution in [0, 0.1) is 5.82 Å². The molecule has 0 aromatic heterocycles. The van der Waals surface area contributed by atoms with Gasteiger partial charge in [-0.25, -0.2) is 4.39 Å². The first-order chi connectivity index (χ1) is 9.95. The van der Waals surface area contributed by atoms with Crippen LogP contribution in [0.3, 0.4) is 0 Å². The highest BCUT2D eigenvalue weighted by molar-refractivity contribution is 6.04. The van der Waals surface area contributed by atoms with E-state index in [0.717, 1.165) is 6.07 Å². The second kappa shape index (κ2) is 6.04. The number of anilines is 2. The van der Waals surface area contributed by atoms with E-state index in [1.165, 1.54) is 19.1 Å². The number of hydrogen-bond donors (Lipinski definition) is 3. The molecule has 2 aromatic carbocycles. The van der Waals surface area contributed by atoms with Crippen molar-refractivity contribution in [2.75, 3.05) is 10.6 Å². The molecule has 2 amide bonds. The van der Waals surface area contributed by atoms with Gasteiger partial charge in [0.2, 0.25) is 5.91 Å². The minimum absolute atomic E-state index is 0.168. The third-order valence-corrected chi connectivity index (χ3v) is 2.66. The van der Waals surface area contributed by atoms with Gasteiger partial charge in [0.1, 0.15) is 11.6 Å². The van der Waals surface area contributed by atoms with Crippen LogP contribution in [0.2, 0.25) is 0 Å². The normalized spacial score (nSPS) is 10.0. The Bertz CT molecular complexity index is 684. The predicted octanol–water partition coefficient (Wildman–Crippen LogP) is 2.74. The number of aromatic hydroxyl groups is 1. The monoisotopic (exact) mass is 288 g/mol. The van der Waals surface area contributed by atoms with Gasteiger partial charge in [0.05, 0.1) is 5.56 Å². The lowest BCUT2D eigenvalue weighted by Crippen LogP contribution is -2.13. The predicted molar refractivity (Wildman–Crippen MR) is 76.8 cm³/mol. The van der Waals surface area contributed by atoms with E-state index in [-0.39, 0.29) is 17.2 Å². The molecule has 5 nitrogen and oxygen atoms in total. The highest BCUT2D eigenvalue weighted by atomic mass is 19.1. The fourth-order valence-corrected chi connectivity index (χ4v) is 1.73. The van der Waals surface area contributed by atoms with Gasteiger partial charge in [-0.3, -0.25) is 9.59 Å². The Kier molecular flexibility index (Phi) is 4.18. The van der Waals surface area contributed by atoms with Crippen LogP contribution in [-0.2, 0) is 4.79 Å². The lowest BCUT2D eigenvalue weighted by molar-refractivity contribution is -0.114. The van der Waals surface area contributed by atoms with Gasteiger partial charge >= 0.3 is 0 Å². The number of nitrogens with one attached hydrogen (secondary N) is 2. The standard InChI is InChI=1S/C15H13FN2O3/c1-9(19)17-10-2-4-11(5-3-10)18-15(21)13-7-6-12(20)8-14(13)16/h2-8,20H,1H3,(H,17,19)(H,18,21). The van der Waals surface area contributed by atoms with Gasteiger partial charge < -0.3 is 15.7 Å². The molecule has 3 N–H and O–H groups in total. The molecular weight excluding hydrogens is 275 g/mol. The molecule has 6 heteroatoms. The van der Waals surface area contributed by atoms with Crippen molar-refractivity contribution in [3.05, 3.63) is 53.8 Å². The van der Waals surface area contributed by atoms with Crippen molar-refractivity contribution in [2.24, 2.45) is 0 Å². The van der Waals surface area contributed by atoms with E-state index in [9.17, 15) is 14.0 Å². The SMILES string of the molecule is CC(=O)Nc1ccc(NC(=O)c2ccc(O)cc2F)cc1. The zero-order valence-electron chi connectivity index (χ0n) is 11.2. The molecule has 0 aliphatic heterocycles. The Hall–Kier alpha value is -2.89. The molecular formula is C15H13FN2O3. The molecule has 0 unspecified atom stereocenters. The minimum Gasteiger partial charge on any atom is -0.508 e. The molecule has 21 heavy (non-hydrogen) atoms. The summed E-state index contributed by atoms with van der Waals surface area (Å²) in [5, 5.41) is 14.2. The maximum atomic E-state index is 13.5. The number of hydrogen-bond acceptors (Lipinski definition) is 3. The third kappa shape index (κ3) is 3.79. The van der Waals surface area contributed by atoms with Gasteiger partial charge in [0.25, 0.3) is 5.91 Å². The van der Waals surface area contributed by atoms with Crippen molar-refractivity contribution < 1.29 is 19.1 Å². The number of benzene rings is 2. The fourth-order valence-electron chi connectivity index (χ4n) is 1.73. The van der Waals surface area contributed by atoms with Gasteiger partial charge in [-0.15, -0.1) is 0 Å². The van der Waals surface area contributed by atoms with Crippen molar-refractivity contribution in [1.82, 2.24) is 0 Å². The smallest absolute Gasteiger partial charge is 0.258 e. The molecule has 0 fully saturated rings. The van der Waals surface area contributed by atoms with Crippen LogP contribution in [-0.4, -0.2) is 16.9 Å². The Morgan fingerprint density at radius 1 is 1.00 bits per heavy atom. The third-order valence-electron chi connectivity index (χ3n) is 2.66. The van der Waals surface area contributed by atoms with Crippen molar-refractivity contribution in [3.8, 4) is 5.75 Å². The summed E-state index contributed by atoms with van der Waals surface area (Å²) in [6.45, 7) is 1.39. The summed E-state index contributed by atoms with van der Waals surface area (Å²) in [6.07, 6.45) is 0. The van der Waals surface area contributed by atoms with Crippen LogP contribution in [0.25, 0.3) is 0 Å². The number of halogens is 1. The molecule has 0 saturated heterocycles. The highest BCUT2D eigenvalue weighted by Crippen LogP contribution is 2.18. The molecule has 108 valence electrons. The van der Waals surface area contributed by atoms with E-state index in [2.05, 4.69) is 10.6 Å². The second-order valence-electron chi connectivity index (χ2n) is 4.38. The molecule has 0 aliphatic rings. The van der Waals surface area contributed by atoms with Crippen LogP contribution in [0.1, 0.15) is 17.3 Å². The van der Waals surface area contributed by atoms with Gasteiger partial charge in [0, 0.05) is 24.4 Å². The molecule has 0 aliphatic carbocycles. The molecule has 0 bridgehead atoms. The van der Waals surface area contributed by atoms with Crippen molar-refractivity contribution in [1.29, 1.82) is 0 Å². The summed E-state index contributed by atoms with van der Waals surface area (Å²) in [5.41, 5.74) is 0.886. The van der Waals surface area contributed by atoms with Gasteiger partial charge in [-0.2, -0.15) is 0 Å². The summed E-state index contributed by atoms with van der Waals surface area (Å²) < 4.78 is 13.5. The van der Waals surface area contributed by atoms with Crippen molar-refractivity contribution in [3.63, 3.8) is 0 Å². The van der Waals surface area contributed by atoms with Crippen LogP contribution < -0.4 is 10.6 Å². The van der Waals surface area contributed by atoms with Crippen molar-refractivity contribution in [2.45, 2.75) is 6.92 Å². The fraction of sp³-hybridized carbons (Fsp3) is 0.0667. The lowest BCUT2D eigenvalue weighted by atomic mass is 10.2. The number of phenols is 1. The Morgan fingerprint density at radius 2 is 1.57 bits per heavy atom. The van der Waals surface area contributed by atoms with Crippen LogP contribution >= 0.6 is 0 Å². The Morgan fingerprint density at radius 3 is 2.10 bits per heavy atom. The summed E-state index contributed by atoms with van der Waals surface area (Å²) in [4.78, 5) is 22.8. The maximum Gasteiger partial charge on any atom is 0.258 e. The zero-order chi connectivity index (χ0) is 15.4. The van der Waals surface area contributed by atoms with Crippen LogP contribution in [0.5, 0.6) is 5.75 Å². The average molecular weight is 288 g/mol. The largest absolute Gasteiger partial charge is 0.508 e. The van der Waals surface area contributed by atoms with E-state index in [1.54, 1.807) is 24.3 Å². The molecule has 0 heterocycles. The summed E-state index contributed by atoms with van der Waals surface area (Å²) >= 11 is 0. The van der Waals surface area contributed by atoms with Gasteiger partial charge in [-0.1, -0.05) is 0 Å². The zero-order valence-corrected chi connectivity index (χ0v) is 11.2. The van der Waals surface area contributed by atoms with E-state index < -0.39 is 11.7 Å². The first-order valence-electron chi connectivity index (χ1n) is 6.13. The lowest BCUT2D eigenvalue weighted by Gasteiger charge is -2.08. The van der Waals surface area contributed by atoms with Crippen LogP contribution in [0.15, 0.2) is 42.5 Å². The highest BCUT2D eigenvalue weighted by Gasteiger charge is 2.12. The average Bonchev–Trinajstić information content (AvgIpc) is 2.40. The summed E-state index contributed by atoms with van der Waals surface area (Å²) in [5.74, 6) is -1.87. The molecule has 2 aromatic rings. The number of rotatable bonds is 3. The van der Waals surface area contributed by atoms with E-state index >= 15 is 0 Å². The molecule has 0 atom stereocenters. The van der Waals surface area contributed by atoms with Crippen LogP contribution in [0.4, 0.5) is 15.8 Å². The summed E-state index contributed by atoms with van der Waals surface area (Å²) in [7, 11) is 0. The Labute approximate surface area is 120 Å². The maximum absolute atomic E-state index is 13.5. The quantitative estimate of drug-likeness (QED) is 0.812. The second-order valence-corrected chi connectivity index (χ2v) is 4.38. The van der Waals surface area contributed by atoms with E-state index in [4.69, 9.17) is 5.11 Å². The van der Waals surface area contributed by atoms with Gasteiger partial charge in [-0.05, 0) is 36.4 Å². The number of carbonyl (C=O) groups excluding carboxylic acids is 2. The molecule has 0 saturated carbocycles. The number of amides is 2. The number of phenolic OH excluding ortho intramolecular Hbond substituents is 1. The first-order valence-corrected chi connectivity index (χ1v) is 6.13. The molecule has 0 spiro atoms. The minimum atomic E-state index is -0.803.